The summed E-state index contributed by atoms with van der Waals surface area (Å²) in [6.45, 7) is 3.26. The van der Waals surface area contributed by atoms with Gasteiger partial charge in [0.05, 0.1) is 16.7 Å². The van der Waals surface area contributed by atoms with E-state index in [0.29, 0.717) is 5.57 Å². The molecule has 4 rings (SSSR count). The van der Waals surface area contributed by atoms with Crippen LogP contribution in [0.15, 0.2) is 102 Å². The number of aliphatic hydroxyl groups excluding tert-OH is 2. The summed E-state index contributed by atoms with van der Waals surface area (Å²) in [6.07, 6.45) is -7.85. The molecule has 3 aromatic rings. The van der Waals surface area contributed by atoms with E-state index in [1.165, 1.54) is 24.3 Å². The molecule has 0 spiro atoms. The van der Waals surface area contributed by atoms with Gasteiger partial charge in [-0.1, -0.05) is 54.6 Å². The maximum Gasteiger partial charge on any atom is 0.343 e. The maximum absolute atomic E-state index is 13.1. The highest BCUT2D eigenvalue weighted by Crippen LogP contribution is 2.33. The molecule has 3 aromatic carbocycles. The molecule has 9 nitrogen and oxygen atoms in total. The van der Waals surface area contributed by atoms with E-state index in [-0.39, 0.29) is 22.4 Å². The predicted octanol–water partition coefficient (Wildman–Crippen LogP) is 3.67. The van der Waals surface area contributed by atoms with Crippen molar-refractivity contribution in [3.63, 3.8) is 0 Å². The van der Waals surface area contributed by atoms with E-state index < -0.39 is 48.6 Å². The largest absolute Gasteiger partial charge is 0.453 e. The molecule has 202 valence electrons. The molecule has 0 aromatic heterocycles. The summed E-state index contributed by atoms with van der Waals surface area (Å²) >= 11 is 0. The third-order valence-corrected chi connectivity index (χ3v) is 6.01. The van der Waals surface area contributed by atoms with Gasteiger partial charge in [0.1, 0.15) is 12.2 Å². The minimum Gasteiger partial charge on any atom is -0.453 e. The molecule has 0 bridgehead atoms. The van der Waals surface area contributed by atoms with Gasteiger partial charge in [-0.15, -0.1) is 0 Å². The number of aliphatic hydroxyl groups is 2. The zero-order valence-electron chi connectivity index (χ0n) is 21.3. The molecule has 0 aliphatic carbocycles. The molecular formula is C30H28O9. The molecule has 9 heteroatoms. The van der Waals surface area contributed by atoms with Gasteiger partial charge in [-0.2, -0.15) is 0 Å². The SMILES string of the molecule is CC(C)=C(OC(=O)c1ccccc1)[C@@H](OC(=O)c1ccccc1)[C@H]1O[C@H](O)[C@H](O)[C@@H]1OC(=O)c1ccccc1. The second-order valence-electron chi connectivity index (χ2n) is 9.03. The first-order valence-electron chi connectivity index (χ1n) is 12.2. The highest BCUT2D eigenvalue weighted by Gasteiger charge is 2.52. The molecule has 2 N–H and O–H groups in total. The van der Waals surface area contributed by atoms with Gasteiger partial charge in [-0.05, 0) is 55.8 Å². The monoisotopic (exact) mass is 532 g/mol. The van der Waals surface area contributed by atoms with Gasteiger partial charge in [-0.3, -0.25) is 0 Å². The minimum absolute atomic E-state index is 0.0970. The van der Waals surface area contributed by atoms with Gasteiger partial charge in [0.25, 0.3) is 0 Å². The maximum atomic E-state index is 13.1. The van der Waals surface area contributed by atoms with Gasteiger partial charge < -0.3 is 29.2 Å². The van der Waals surface area contributed by atoms with E-state index in [9.17, 15) is 24.6 Å². The molecule has 1 heterocycles. The number of hydrogen-bond acceptors (Lipinski definition) is 9. The van der Waals surface area contributed by atoms with Gasteiger partial charge in [0.2, 0.25) is 0 Å². The lowest BCUT2D eigenvalue weighted by Gasteiger charge is -2.29. The summed E-state index contributed by atoms with van der Waals surface area (Å²) in [6, 6.07) is 24.3. The Morgan fingerprint density at radius 2 is 1.18 bits per heavy atom. The Kier molecular flexibility index (Phi) is 8.88. The van der Waals surface area contributed by atoms with Crippen LogP contribution in [-0.2, 0) is 18.9 Å². The smallest absolute Gasteiger partial charge is 0.343 e. The second kappa shape index (κ2) is 12.5. The van der Waals surface area contributed by atoms with Crippen molar-refractivity contribution in [2.45, 2.75) is 44.6 Å². The topological polar surface area (TPSA) is 129 Å². The third kappa shape index (κ3) is 6.58. The fourth-order valence-corrected chi connectivity index (χ4v) is 4.03. The zero-order chi connectivity index (χ0) is 27.9. The van der Waals surface area contributed by atoms with Gasteiger partial charge in [-0.25, -0.2) is 14.4 Å². The standard InChI is InChI=1S/C30H28O9/c1-18(2)23(36-27(32)19-12-6-3-7-13-19)25(38-29(34)21-16-10-5-11-17-21)26-24(22(31)30(35)39-26)37-28(33)20-14-8-4-9-15-20/h3-17,22,24-26,30-31,35H,1-2H3/t22-,24+,25-,26+,30+/m1/s1. The van der Waals surface area contributed by atoms with Crippen LogP contribution < -0.4 is 0 Å². The molecule has 5 atom stereocenters. The lowest BCUT2D eigenvalue weighted by atomic mass is 10.0. The highest BCUT2D eigenvalue weighted by atomic mass is 16.7. The second-order valence-corrected chi connectivity index (χ2v) is 9.03. The average Bonchev–Trinajstić information content (AvgIpc) is 3.24. The number of carbonyl (C=O) groups is 3. The van der Waals surface area contributed by atoms with Crippen LogP contribution in [0, 0.1) is 0 Å². The van der Waals surface area contributed by atoms with Crippen LogP contribution in [0.5, 0.6) is 0 Å². The van der Waals surface area contributed by atoms with E-state index in [2.05, 4.69) is 0 Å². The van der Waals surface area contributed by atoms with E-state index in [1.54, 1.807) is 80.6 Å². The lowest BCUT2D eigenvalue weighted by molar-refractivity contribution is -0.146. The van der Waals surface area contributed by atoms with Crippen molar-refractivity contribution in [3.05, 3.63) is 119 Å². The first kappa shape index (κ1) is 27.7. The summed E-state index contributed by atoms with van der Waals surface area (Å²) in [5, 5.41) is 21.1. The number of rotatable bonds is 8. The van der Waals surface area contributed by atoms with Gasteiger partial charge in [0.15, 0.2) is 24.3 Å². The molecule has 1 saturated heterocycles. The van der Waals surface area contributed by atoms with Crippen LogP contribution in [0.2, 0.25) is 0 Å². The van der Waals surface area contributed by atoms with Crippen LogP contribution in [0.3, 0.4) is 0 Å². The molecule has 0 unspecified atom stereocenters. The molecule has 1 fully saturated rings. The number of allylic oxidation sites excluding steroid dienone is 1. The van der Waals surface area contributed by atoms with E-state index in [1.807, 2.05) is 0 Å². The fourth-order valence-electron chi connectivity index (χ4n) is 4.03. The van der Waals surface area contributed by atoms with Gasteiger partial charge in [0, 0.05) is 0 Å². The van der Waals surface area contributed by atoms with Crippen molar-refractivity contribution < 1.29 is 43.5 Å². The number of carbonyl (C=O) groups excluding carboxylic acids is 3. The van der Waals surface area contributed by atoms with Crippen molar-refractivity contribution in [2.75, 3.05) is 0 Å². The van der Waals surface area contributed by atoms with E-state index in [4.69, 9.17) is 18.9 Å². The van der Waals surface area contributed by atoms with Crippen LogP contribution >= 0.6 is 0 Å². The highest BCUT2D eigenvalue weighted by molar-refractivity contribution is 5.91. The molecule has 0 radical (unpaired) electrons. The minimum atomic E-state index is -1.77. The Hall–Kier alpha value is -4.31. The molecule has 0 amide bonds. The Morgan fingerprint density at radius 1 is 0.718 bits per heavy atom. The average molecular weight is 533 g/mol. The summed E-state index contributed by atoms with van der Waals surface area (Å²) in [5.74, 6) is -2.41. The van der Waals surface area contributed by atoms with E-state index in [0.717, 1.165) is 0 Å². The number of hydrogen-bond donors (Lipinski definition) is 2. The first-order chi connectivity index (χ1) is 18.8. The number of ether oxygens (including phenoxy) is 4. The van der Waals surface area contributed by atoms with Crippen LogP contribution in [0.25, 0.3) is 0 Å². The summed E-state index contributed by atoms with van der Waals surface area (Å²) < 4.78 is 22.6. The Morgan fingerprint density at radius 3 is 1.67 bits per heavy atom. The first-order valence-corrected chi connectivity index (χ1v) is 12.2. The van der Waals surface area contributed by atoms with Gasteiger partial charge >= 0.3 is 17.9 Å². The molecule has 1 aliphatic heterocycles. The number of benzene rings is 3. The predicted molar refractivity (Wildman–Crippen MR) is 138 cm³/mol. The van der Waals surface area contributed by atoms with Crippen molar-refractivity contribution >= 4 is 17.9 Å². The van der Waals surface area contributed by atoms with Crippen molar-refractivity contribution in [3.8, 4) is 0 Å². The Bertz CT molecular complexity index is 1320. The summed E-state index contributed by atoms with van der Waals surface area (Å²) in [7, 11) is 0. The fraction of sp³-hybridized carbons (Fsp3) is 0.233. The van der Waals surface area contributed by atoms with Crippen molar-refractivity contribution in [2.24, 2.45) is 0 Å². The van der Waals surface area contributed by atoms with E-state index >= 15 is 0 Å². The quantitative estimate of drug-likeness (QED) is 0.254. The molecule has 1 aliphatic rings. The molecule has 0 saturated carbocycles. The lowest BCUT2D eigenvalue weighted by Crippen LogP contribution is -2.45. The zero-order valence-corrected chi connectivity index (χ0v) is 21.3. The Balaban J connectivity index is 1.70. The van der Waals surface area contributed by atoms with Crippen molar-refractivity contribution in [1.29, 1.82) is 0 Å². The summed E-state index contributed by atoms with van der Waals surface area (Å²) in [4.78, 5) is 39.0. The number of esters is 3. The van der Waals surface area contributed by atoms with Crippen LogP contribution in [-0.4, -0.2) is 58.8 Å². The molecule has 39 heavy (non-hydrogen) atoms. The summed E-state index contributed by atoms with van der Waals surface area (Å²) in [5.41, 5.74) is 1.07. The van der Waals surface area contributed by atoms with Crippen LogP contribution in [0.4, 0.5) is 0 Å². The van der Waals surface area contributed by atoms with Crippen molar-refractivity contribution in [1.82, 2.24) is 0 Å². The Labute approximate surface area is 225 Å². The normalized spacial score (nSPS) is 20.9. The molecular weight excluding hydrogens is 504 g/mol. The third-order valence-electron chi connectivity index (χ3n) is 6.01. The van der Waals surface area contributed by atoms with Crippen LogP contribution in [0.1, 0.15) is 44.9 Å².